The van der Waals surface area contributed by atoms with E-state index in [-0.39, 0.29) is 23.3 Å². The monoisotopic (exact) mass is 356 g/mol. The van der Waals surface area contributed by atoms with E-state index in [9.17, 15) is 9.59 Å². The van der Waals surface area contributed by atoms with Gasteiger partial charge in [-0.05, 0) is 39.2 Å². The van der Waals surface area contributed by atoms with Crippen molar-refractivity contribution in [3.8, 4) is 0 Å². The minimum absolute atomic E-state index is 0.00239. The van der Waals surface area contributed by atoms with E-state index in [0.29, 0.717) is 13.1 Å². The summed E-state index contributed by atoms with van der Waals surface area (Å²) >= 11 is 0. The number of fused-ring (bicyclic) bond motifs is 1. The third-order valence-electron chi connectivity index (χ3n) is 6.02. The number of H-pyrrole nitrogens is 1. The molecule has 0 unspecified atom stereocenters. The third kappa shape index (κ3) is 3.47. The molecule has 6 nitrogen and oxygen atoms in total. The molecule has 3 heterocycles. The van der Waals surface area contributed by atoms with Crippen LogP contribution in [0.3, 0.4) is 0 Å². The smallest absolute Gasteiger partial charge is 0.255 e. The summed E-state index contributed by atoms with van der Waals surface area (Å²) in [6.45, 7) is 3.12. The number of aromatic nitrogens is 2. The fourth-order valence-corrected chi connectivity index (χ4v) is 4.45. The Labute approximate surface area is 154 Å². The van der Waals surface area contributed by atoms with Crippen molar-refractivity contribution >= 4 is 5.91 Å². The predicted octanol–water partition coefficient (Wildman–Crippen LogP) is 1.82. The van der Waals surface area contributed by atoms with Gasteiger partial charge in [-0.3, -0.25) is 9.59 Å². The molecule has 4 rings (SSSR count). The van der Waals surface area contributed by atoms with Crippen molar-refractivity contribution in [1.82, 2.24) is 19.8 Å². The van der Waals surface area contributed by atoms with Crippen molar-refractivity contribution < 1.29 is 4.79 Å². The number of hydrogen-bond acceptors (Lipinski definition) is 4. The predicted molar refractivity (Wildman–Crippen MR) is 99.9 cm³/mol. The Balaban J connectivity index is 1.51. The van der Waals surface area contributed by atoms with Crippen LogP contribution in [0.4, 0.5) is 0 Å². The van der Waals surface area contributed by atoms with Gasteiger partial charge in [-0.2, -0.15) is 0 Å². The standard InChI is InChI=1S/C20H28N4O2/c1-23-11-9-17-16(13-23)19(25)22-18(21-17)15-8-5-10-24(12-15)20(26)14-6-3-2-4-7-14/h2-3,14-15H,4-13H2,1H3,(H,21,22,25)/t14-,15+/m0/s1. The lowest BCUT2D eigenvalue weighted by atomic mass is 9.90. The number of aromatic amines is 1. The molecule has 1 aliphatic carbocycles. The summed E-state index contributed by atoms with van der Waals surface area (Å²) < 4.78 is 0. The van der Waals surface area contributed by atoms with E-state index >= 15 is 0 Å². The lowest BCUT2D eigenvalue weighted by Crippen LogP contribution is -2.43. The number of nitrogens with one attached hydrogen (secondary N) is 1. The van der Waals surface area contributed by atoms with Crippen molar-refractivity contribution in [3.63, 3.8) is 0 Å². The number of likely N-dealkylation sites (tertiary alicyclic amines) is 1. The van der Waals surface area contributed by atoms with Gasteiger partial charge in [0.15, 0.2) is 0 Å². The van der Waals surface area contributed by atoms with E-state index in [2.05, 4.69) is 22.0 Å². The zero-order valence-corrected chi connectivity index (χ0v) is 15.5. The number of likely N-dealkylation sites (N-methyl/N-ethyl adjacent to an activating group) is 1. The van der Waals surface area contributed by atoms with E-state index in [4.69, 9.17) is 4.98 Å². The number of hydrogen-bond donors (Lipinski definition) is 1. The Hall–Kier alpha value is -1.95. The fraction of sp³-hybridized carbons (Fsp3) is 0.650. The van der Waals surface area contributed by atoms with Crippen molar-refractivity contribution in [2.24, 2.45) is 5.92 Å². The molecule has 1 saturated heterocycles. The SMILES string of the molecule is CN1CCc2nc([C@@H]3CCCN(C(=O)[C@H]4CC=CCC4)C3)[nH]c(=O)c2C1. The summed E-state index contributed by atoms with van der Waals surface area (Å²) in [5.41, 5.74) is 1.75. The summed E-state index contributed by atoms with van der Waals surface area (Å²) in [6, 6.07) is 0. The molecule has 140 valence electrons. The molecule has 2 aliphatic heterocycles. The van der Waals surface area contributed by atoms with Crippen LogP contribution in [-0.2, 0) is 17.8 Å². The van der Waals surface area contributed by atoms with Gasteiger partial charge in [0.1, 0.15) is 5.82 Å². The first-order chi connectivity index (χ1) is 12.6. The molecule has 1 aromatic rings. The molecule has 6 heteroatoms. The minimum atomic E-state index is -0.00239. The fourth-order valence-electron chi connectivity index (χ4n) is 4.45. The van der Waals surface area contributed by atoms with Crippen LogP contribution in [0.1, 0.15) is 55.1 Å². The van der Waals surface area contributed by atoms with Gasteiger partial charge in [-0.1, -0.05) is 12.2 Å². The van der Waals surface area contributed by atoms with E-state index < -0.39 is 0 Å². The van der Waals surface area contributed by atoms with Crippen molar-refractivity contribution in [3.05, 3.63) is 39.6 Å². The summed E-state index contributed by atoms with van der Waals surface area (Å²) in [7, 11) is 2.03. The van der Waals surface area contributed by atoms with Crippen molar-refractivity contribution in [2.45, 2.75) is 51.0 Å². The Morgan fingerprint density at radius 2 is 2.15 bits per heavy atom. The van der Waals surface area contributed by atoms with Crippen LogP contribution >= 0.6 is 0 Å². The summed E-state index contributed by atoms with van der Waals surface area (Å²) in [6.07, 6.45) is 9.90. The van der Waals surface area contributed by atoms with Crippen molar-refractivity contribution in [1.29, 1.82) is 0 Å². The molecule has 1 fully saturated rings. The van der Waals surface area contributed by atoms with E-state index in [1.54, 1.807) is 0 Å². The molecule has 0 aromatic carbocycles. The number of amides is 1. The first kappa shape index (κ1) is 17.5. The molecule has 1 amide bonds. The second-order valence-corrected chi connectivity index (χ2v) is 7.97. The van der Waals surface area contributed by atoms with E-state index in [1.165, 1.54) is 0 Å². The number of rotatable bonds is 2. The van der Waals surface area contributed by atoms with E-state index in [1.807, 2.05) is 11.9 Å². The number of carbonyl (C=O) groups excluding carboxylic acids is 1. The molecule has 0 spiro atoms. The first-order valence-corrected chi connectivity index (χ1v) is 9.86. The lowest BCUT2D eigenvalue weighted by Gasteiger charge is -2.35. The molecular formula is C20H28N4O2. The van der Waals surface area contributed by atoms with Crippen LogP contribution in [0.15, 0.2) is 16.9 Å². The maximum absolute atomic E-state index is 12.9. The Kier molecular flexibility index (Phi) is 4.94. The van der Waals surface area contributed by atoms with Gasteiger partial charge >= 0.3 is 0 Å². The number of carbonyl (C=O) groups is 1. The lowest BCUT2D eigenvalue weighted by molar-refractivity contribution is -0.137. The first-order valence-electron chi connectivity index (χ1n) is 9.86. The van der Waals surface area contributed by atoms with Crippen LogP contribution in [0.25, 0.3) is 0 Å². The summed E-state index contributed by atoms with van der Waals surface area (Å²) in [4.78, 5) is 37.4. The van der Waals surface area contributed by atoms with Gasteiger partial charge in [0, 0.05) is 44.4 Å². The number of allylic oxidation sites excluding steroid dienone is 2. The van der Waals surface area contributed by atoms with Crippen LogP contribution in [-0.4, -0.2) is 52.4 Å². The average molecular weight is 356 g/mol. The van der Waals surface area contributed by atoms with Crippen LogP contribution in [0.2, 0.25) is 0 Å². The van der Waals surface area contributed by atoms with Gasteiger partial charge in [0.2, 0.25) is 5.91 Å². The van der Waals surface area contributed by atoms with Gasteiger partial charge in [0.05, 0.1) is 11.3 Å². The highest BCUT2D eigenvalue weighted by atomic mass is 16.2. The highest BCUT2D eigenvalue weighted by Crippen LogP contribution is 2.28. The zero-order valence-electron chi connectivity index (χ0n) is 15.5. The molecule has 2 atom stereocenters. The molecule has 3 aliphatic rings. The van der Waals surface area contributed by atoms with Gasteiger partial charge in [-0.25, -0.2) is 4.98 Å². The maximum Gasteiger partial charge on any atom is 0.255 e. The Bertz CT molecular complexity index is 770. The average Bonchev–Trinajstić information content (AvgIpc) is 2.68. The quantitative estimate of drug-likeness (QED) is 0.821. The molecule has 0 bridgehead atoms. The summed E-state index contributed by atoms with van der Waals surface area (Å²) in [5.74, 6) is 1.33. The van der Waals surface area contributed by atoms with Crippen LogP contribution in [0, 0.1) is 5.92 Å². The Morgan fingerprint density at radius 3 is 2.96 bits per heavy atom. The second kappa shape index (κ2) is 7.35. The van der Waals surface area contributed by atoms with Gasteiger partial charge < -0.3 is 14.8 Å². The molecule has 1 aromatic heterocycles. The topological polar surface area (TPSA) is 69.3 Å². The minimum Gasteiger partial charge on any atom is -0.342 e. The van der Waals surface area contributed by atoms with Crippen molar-refractivity contribution in [2.75, 3.05) is 26.7 Å². The number of piperidine rings is 1. The maximum atomic E-state index is 12.9. The number of nitrogens with zero attached hydrogens (tertiary/aromatic N) is 3. The molecule has 1 N–H and O–H groups in total. The second-order valence-electron chi connectivity index (χ2n) is 7.97. The molecule has 0 radical (unpaired) electrons. The summed E-state index contributed by atoms with van der Waals surface area (Å²) in [5, 5.41) is 0. The van der Waals surface area contributed by atoms with Crippen LogP contribution in [0.5, 0.6) is 0 Å². The largest absolute Gasteiger partial charge is 0.342 e. The van der Waals surface area contributed by atoms with Gasteiger partial charge in [0.25, 0.3) is 5.56 Å². The zero-order chi connectivity index (χ0) is 18.1. The highest BCUT2D eigenvalue weighted by molar-refractivity contribution is 5.79. The van der Waals surface area contributed by atoms with E-state index in [0.717, 1.165) is 68.7 Å². The normalized spacial score (nSPS) is 26.6. The van der Waals surface area contributed by atoms with Gasteiger partial charge in [-0.15, -0.1) is 0 Å². The molecule has 26 heavy (non-hydrogen) atoms. The molecule has 0 saturated carbocycles. The Morgan fingerprint density at radius 1 is 1.27 bits per heavy atom. The third-order valence-corrected chi connectivity index (χ3v) is 6.02. The molecular weight excluding hydrogens is 328 g/mol. The highest BCUT2D eigenvalue weighted by Gasteiger charge is 2.31. The van der Waals surface area contributed by atoms with Crippen LogP contribution < -0.4 is 5.56 Å².